The van der Waals surface area contributed by atoms with Gasteiger partial charge in [-0.3, -0.25) is 4.98 Å². The van der Waals surface area contributed by atoms with Crippen molar-refractivity contribution in [2.75, 3.05) is 13.1 Å². The van der Waals surface area contributed by atoms with Crippen LogP contribution in [0.2, 0.25) is 0 Å². The van der Waals surface area contributed by atoms with E-state index in [9.17, 15) is 0 Å². The zero-order chi connectivity index (χ0) is 9.64. The Morgan fingerprint density at radius 3 is 3.13 bits per heavy atom. The number of aromatic nitrogens is 1. The average molecular weight is 228 g/mol. The maximum atomic E-state index is 4.09. The highest BCUT2D eigenvalue weighted by molar-refractivity contribution is 5.85. The van der Waals surface area contributed by atoms with E-state index in [1.165, 1.54) is 24.9 Å². The molecule has 15 heavy (non-hydrogen) atoms. The van der Waals surface area contributed by atoms with Crippen LogP contribution in [0.15, 0.2) is 24.5 Å². The Balaban J connectivity index is 0.00000112. The van der Waals surface area contributed by atoms with Crippen molar-refractivity contribution in [1.82, 2.24) is 15.6 Å². The normalized spacial score (nSPS) is 20.7. The Hall–Kier alpha value is -0.640. The Kier molecular flexibility index (Phi) is 5.61. The average Bonchev–Trinajstić information content (AvgIpc) is 2.29. The van der Waals surface area contributed by atoms with Gasteiger partial charge in [0.05, 0.1) is 0 Å². The van der Waals surface area contributed by atoms with Crippen molar-refractivity contribution < 1.29 is 0 Å². The molecule has 4 heteroatoms. The highest BCUT2D eigenvalue weighted by Gasteiger charge is 2.11. The Morgan fingerprint density at radius 2 is 2.47 bits per heavy atom. The number of piperidine rings is 1. The molecule has 0 saturated carbocycles. The van der Waals surface area contributed by atoms with E-state index in [-0.39, 0.29) is 12.4 Å². The van der Waals surface area contributed by atoms with Gasteiger partial charge >= 0.3 is 0 Å². The lowest BCUT2D eigenvalue weighted by Gasteiger charge is -2.23. The number of nitrogens with zero attached hydrogens (tertiary/aromatic N) is 1. The first-order valence-corrected chi connectivity index (χ1v) is 5.28. The minimum atomic E-state index is 0. The second-order valence-corrected chi connectivity index (χ2v) is 3.79. The number of halogens is 1. The molecule has 0 bridgehead atoms. The summed E-state index contributed by atoms with van der Waals surface area (Å²) in [5.74, 6) is 0. The molecular formula is C11H18ClN3. The molecule has 1 fully saturated rings. The minimum absolute atomic E-state index is 0. The molecule has 2 N–H and O–H groups in total. The van der Waals surface area contributed by atoms with E-state index in [1.54, 1.807) is 0 Å². The third-order valence-electron chi connectivity index (χ3n) is 2.61. The second kappa shape index (κ2) is 6.77. The largest absolute Gasteiger partial charge is 0.315 e. The fraction of sp³-hybridized carbons (Fsp3) is 0.545. The standard InChI is InChI=1S/C11H17N3.ClH/c1-3-10(7-12-5-1)8-14-11-4-2-6-13-9-11;/h1,3,5,7,11,13-14H,2,4,6,8-9H2;1H/t11-;/m1./s1. The maximum Gasteiger partial charge on any atom is 0.0312 e. The summed E-state index contributed by atoms with van der Waals surface area (Å²) in [6.45, 7) is 3.20. The molecular weight excluding hydrogens is 210 g/mol. The van der Waals surface area contributed by atoms with Crippen molar-refractivity contribution in [3.05, 3.63) is 30.1 Å². The van der Waals surface area contributed by atoms with E-state index in [0.29, 0.717) is 6.04 Å². The molecule has 0 aromatic carbocycles. The van der Waals surface area contributed by atoms with Gasteiger partial charge in [-0.1, -0.05) is 6.07 Å². The second-order valence-electron chi connectivity index (χ2n) is 3.79. The topological polar surface area (TPSA) is 37.0 Å². The van der Waals surface area contributed by atoms with E-state index in [2.05, 4.69) is 21.7 Å². The molecule has 1 aliphatic rings. The SMILES string of the molecule is Cl.c1cncc(CN[C@@H]2CCCNC2)c1. The van der Waals surface area contributed by atoms with Gasteiger partial charge in [-0.25, -0.2) is 0 Å². The summed E-state index contributed by atoms with van der Waals surface area (Å²) in [6, 6.07) is 4.72. The van der Waals surface area contributed by atoms with Crippen molar-refractivity contribution in [2.45, 2.75) is 25.4 Å². The lowest BCUT2D eigenvalue weighted by atomic mass is 10.1. The summed E-state index contributed by atoms with van der Waals surface area (Å²) >= 11 is 0. The molecule has 1 aliphatic heterocycles. The smallest absolute Gasteiger partial charge is 0.0312 e. The van der Waals surface area contributed by atoms with E-state index < -0.39 is 0 Å². The first kappa shape index (κ1) is 12.4. The van der Waals surface area contributed by atoms with Crippen LogP contribution in [-0.4, -0.2) is 24.1 Å². The van der Waals surface area contributed by atoms with E-state index >= 15 is 0 Å². The number of rotatable bonds is 3. The molecule has 0 radical (unpaired) electrons. The Labute approximate surface area is 97.1 Å². The van der Waals surface area contributed by atoms with E-state index in [4.69, 9.17) is 0 Å². The van der Waals surface area contributed by atoms with Crippen LogP contribution in [0.3, 0.4) is 0 Å². The summed E-state index contributed by atoms with van der Waals surface area (Å²) in [6.07, 6.45) is 6.30. The van der Waals surface area contributed by atoms with Gasteiger partial charge in [-0.2, -0.15) is 0 Å². The number of pyridine rings is 1. The first-order valence-electron chi connectivity index (χ1n) is 5.28. The molecule has 3 nitrogen and oxygen atoms in total. The van der Waals surface area contributed by atoms with Crippen LogP contribution in [0.5, 0.6) is 0 Å². The third kappa shape index (κ3) is 4.16. The van der Waals surface area contributed by atoms with Crippen molar-refractivity contribution in [3.8, 4) is 0 Å². The van der Waals surface area contributed by atoms with Crippen LogP contribution in [0, 0.1) is 0 Å². The number of hydrogen-bond donors (Lipinski definition) is 2. The molecule has 0 amide bonds. The zero-order valence-electron chi connectivity index (χ0n) is 8.78. The van der Waals surface area contributed by atoms with Gasteiger partial charge in [0.15, 0.2) is 0 Å². The molecule has 2 rings (SSSR count). The van der Waals surface area contributed by atoms with E-state index in [0.717, 1.165) is 13.1 Å². The highest BCUT2D eigenvalue weighted by atomic mass is 35.5. The van der Waals surface area contributed by atoms with Gasteiger partial charge < -0.3 is 10.6 Å². The van der Waals surface area contributed by atoms with Gasteiger partial charge in [-0.05, 0) is 31.0 Å². The molecule has 0 unspecified atom stereocenters. The third-order valence-corrected chi connectivity index (χ3v) is 2.61. The molecule has 0 aliphatic carbocycles. The summed E-state index contributed by atoms with van der Waals surface area (Å²) in [4.78, 5) is 4.09. The van der Waals surface area contributed by atoms with Crippen LogP contribution < -0.4 is 10.6 Å². The predicted molar refractivity (Wildman–Crippen MR) is 64.2 cm³/mol. The fourth-order valence-corrected chi connectivity index (χ4v) is 1.79. The molecule has 1 aromatic heterocycles. The van der Waals surface area contributed by atoms with Crippen molar-refractivity contribution in [2.24, 2.45) is 0 Å². The highest BCUT2D eigenvalue weighted by Crippen LogP contribution is 2.03. The Morgan fingerprint density at radius 1 is 1.53 bits per heavy atom. The quantitative estimate of drug-likeness (QED) is 0.819. The lowest BCUT2D eigenvalue weighted by Crippen LogP contribution is -2.42. The van der Waals surface area contributed by atoms with Crippen LogP contribution in [0.4, 0.5) is 0 Å². The van der Waals surface area contributed by atoms with Gasteiger partial charge in [0.25, 0.3) is 0 Å². The lowest BCUT2D eigenvalue weighted by molar-refractivity contribution is 0.389. The van der Waals surface area contributed by atoms with Gasteiger partial charge in [0, 0.05) is 31.5 Å². The molecule has 1 saturated heterocycles. The summed E-state index contributed by atoms with van der Waals surface area (Å²) < 4.78 is 0. The van der Waals surface area contributed by atoms with Gasteiger partial charge in [0.1, 0.15) is 0 Å². The van der Waals surface area contributed by atoms with E-state index in [1.807, 2.05) is 18.5 Å². The summed E-state index contributed by atoms with van der Waals surface area (Å²) in [7, 11) is 0. The van der Waals surface area contributed by atoms with Gasteiger partial charge in [0.2, 0.25) is 0 Å². The molecule has 1 aromatic rings. The molecule has 0 spiro atoms. The number of hydrogen-bond acceptors (Lipinski definition) is 3. The van der Waals surface area contributed by atoms with Crippen molar-refractivity contribution in [1.29, 1.82) is 0 Å². The van der Waals surface area contributed by atoms with Gasteiger partial charge in [-0.15, -0.1) is 12.4 Å². The summed E-state index contributed by atoms with van der Waals surface area (Å²) in [5, 5.41) is 6.93. The maximum absolute atomic E-state index is 4.09. The number of nitrogens with one attached hydrogen (secondary N) is 2. The molecule has 2 heterocycles. The molecule has 84 valence electrons. The predicted octanol–water partition coefficient (Wildman–Crippen LogP) is 1.34. The Bertz CT molecular complexity index is 260. The molecule has 1 atom stereocenters. The van der Waals surface area contributed by atoms with Crippen molar-refractivity contribution in [3.63, 3.8) is 0 Å². The van der Waals surface area contributed by atoms with Crippen molar-refractivity contribution >= 4 is 12.4 Å². The van der Waals surface area contributed by atoms with Crippen LogP contribution in [-0.2, 0) is 6.54 Å². The minimum Gasteiger partial charge on any atom is -0.315 e. The monoisotopic (exact) mass is 227 g/mol. The fourth-order valence-electron chi connectivity index (χ4n) is 1.79. The zero-order valence-corrected chi connectivity index (χ0v) is 9.59. The van der Waals surface area contributed by atoms with Crippen LogP contribution in [0.1, 0.15) is 18.4 Å². The first-order chi connectivity index (χ1) is 6.95. The van der Waals surface area contributed by atoms with Crippen LogP contribution >= 0.6 is 12.4 Å². The van der Waals surface area contributed by atoms with Crippen LogP contribution in [0.25, 0.3) is 0 Å². The summed E-state index contributed by atoms with van der Waals surface area (Å²) in [5.41, 5.74) is 1.26.